The average molecular weight is 206 g/mol. The van der Waals surface area contributed by atoms with Crippen LogP contribution in [0.3, 0.4) is 0 Å². The van der Waals surface area contributed by atoms with Crippen molar-refractivity contribution in [3.8, 4) is 0 Å². The van der Waals surface area contributed by atoms with Gasteiger partial charge in [0.15, 0.2) is 0 Å². The molecule has 0 unspecified atom stereocenters. The molecule has 2 rings (SSSR count). The molecule has 0 atom stereocenters. The Labute approximate surface area is 86.2 Å². The lowest BCUT2D eigenvalue weighted by Crippen LogP contribution is -2.32. The Morgan fingerprint density at radius 3 is 2.67 bits per heavy atom. The molecule has 1 heterocycles. The van der Waals surface area contributed by atoms with Gasteiger partial charge in [-0.05, 0) is 19.4 Å². The summed E-state index contributed by atoms with van der Waals surface area (Å²) in [6.07, 6.45) is 0. The van der Waals surface area contributed by atoms with E-state index in [4.69, 9.17) is 0 Å². The van der Waals surface area contributed by atoms with E-state index in [2.05, 4.69) is 5.32 Å². The Bertz CT molecular complexity index is 466. The van der Waals surface area contributed by atoms with Gasteiger partial charge in [-0.2, -0.15) is 0 Å². The van der Waals surface area contributed by atoms with Gasteiger partial charge in [0, 0.05) is 6.07 Å². The minimum absolute atomic E-state index is 0.129. The molecule has 1 amide bonds. The Balaban J connectivity index is 2.73. The molecule has 5 heteroatoms. The number of nitro benzene ring substituents is 1. The Morgan fingerprint density at radius 2 is 2.07 bits per heavy atom. The highest BCUT2D eigenvalue weighted by atomic mass is 16.6. The third-order valence-corrected chi connectivity index (χ3v) is 2.57. The van der Waals surface area contributed by atoms with Crippen LogP contribution in [0.5, 0.6) is 0 Å². The molecule has 0 aliphatic carbocycles. The molecule has 1 aromatic rings. The third-order valence-electron chi connectivity index (χ3n) is 2.57. The van der Waals surface area contributed by atoms with Crippen LogP contribution in [0.2, 0.25) is 0 Å². The minimum Gasteiger partial charge on any atom is -0.343 e. The van der Waals surface area contributed by atoms with E-state index in [0.717, 1.165) is 0 Å². The fourth-order valence-electron chi connectivity index (χ4n) is 1.87. The van der Waals surface area contributed by atoms with E-state index in [1.165, 1.54) is 6.07 Å². The van der Waals surface area contributed by atoms with Crippen LogP contribution in [0, 0.1) is 10.1 Å². The second-order valence-electron chi connectivity index (χ2n) is 4.04. The number of hydrogen-bond acceptors (Lipinski definition) is 3. The number of nitrogens with zero attached hydrogens (tertiary/aromatic N) is 1. The number of rotatable bonds is 1. The number of benzene rings is 1. The van der Waals surface area contributed by atoms with Gasteiger partial charge < -0.3 is 5.32 Å². The van der Waals surface area contributed by atoms with E-state index in [1.54, 1.807) is 12.1 Å². The molecule has 1 aliphatic heterocycles. The highest BCUT2D eigenvalue weighted by molar-refractivity contribution is 6.03. The topological polar surface area (TPSA) is 72.2 Å². The van der Waals surface area contributed by atoms with Crippen molar-refractivity contribution in [3.05, 3.63) is 39.4 Å². The maximum Gasteiger partial charge on any atom is 0.282 e. The quantitative estimate of drug-likeness (QED) is 0.560. The second-order valence-corrected chi connectivity index (χ2v) is 4.04. The van der Waals surface area contributed by atoms with Gasteiger partial charge in [-0.1, -0.05) is 12.1 Å². The van der Waals surface area contributed by atoms with E-state index in [9.17, 15) is 14.9 Å². The lowest BCUT2D eigenvalue weighted by atomic mass is 9.94. The Hall–Kier alpha value is -1.91. The van der Waals surface area contributed by atoms with Gasteiger partial charge in [0.2, 0.25) is 0 Å². The van der Waals surface area contributed by atoms with Crippen molar-refractivity contribution in [2.45, 2.75) is 19.4 Å². The monoisotopic (exact) mass is 206 g/mol. The van der Waals surface area contributed by atoms with Crippen LogP contribution in [0.15, 0.2) is 18.2 Å². The summed E-state index contributed by atoms with van der Waals surface area (Å²) in [4.78, 5) is 21.8. The molecule has 1 N–H and O–H groups in total. The zero-order valence-corrected chi connectivity index (χ0v) is 8.40. The maximum absolute atomic E-state index is 11.6. The van der Waals surface area contributed by atoms with Gasteiger partial charge in [-0.15, -0.1) is 0 Å². The molecule has 15 heavy (non-hydrogen) atoms. The van der Waals surface area contributed by atoms with Gasteiger partial charge >= 0.3 is 0 Å². The maximum atomic E-state index is 11.6. The average Bonchev–Trinajstić information content (AvgIpc) is 2.37. The summed E-state index contributed by atoms with van der Waals surface area (Å²) in [6.45, 7) is 3.64. The highest BCUT2D eigenvalue weighted by Gasteiger charge is 2.39. The molecule has 0 saturated carbocycles. The Morgan fingerprint density at radius 1 is 1.40 bits per heavy atom. The summed E-state index contributed by atoms with van der Waals surface area (Å²) in [5.41, 5.74) is 0.211. The van der Waals surface area contributed by atoms with Crippen molar-refractivity contribution in [2.75, 3.05) is 0 Å². The smallest absolute Gasteiger partial charge is 0.282 e. The van der Waals surface area contributed by atoms with Crippen LogP contribution in [-0.2, 0) is 5.54 Å². The molecule has 0 spiro atoms. The van der Waals surface area contributed by atoms with Crippen molar-refractivity contribution in [1.29, 1.82) is 0 Å². The van der Waals surface area contributed by atoms with Gasteiger partial charge in [0.25, 0.3) is 11.6 Å². The number of amides is 1. The van der Waals surface area contributed by atoms with Crippen LogP contribution in [0.25, 0.3) is 0 Å². The number of fused-ring (bicyclic) bond motifs is 1. The molecule has 1 aromatic carbocycles. The van der Waals surface area contributed by atoms with Gasteiger partial charge in [0.05, 0.1) is 10.5 Å². The highest BCUT2D eigenvalue weighted by Crippen LogP contribution is 2.35. The number of carbonyl (C=O) groups excluding carboxylic acids is 1. The molecule has 0 bridgehead atoms. The fraction of sp³-hybridized carbons (Fsp3) is 0.300. The predicted molar refractivity (Wildman–Crippen MR) is 53.6 cm³/mol. The van der Waals surface area contributed by atoms with Crippen LogP contribution >= 0.6 is 0 Å². The first kappa shape index (κ1) is 9.64. The summed E-state index contributed by atoms with van der Waals surface area (Å²) in [5, 5.41) is 13.5. The van der Waals surface area contributed by atoms with Crippen molar-refractivity contribution < 1.29 is 9.72 Å². The van der Waals surface area contributed by atoms with E-state index >= 15 is 0 Å². The molecular formula is C10H10N2O3. The third kappa shape index (κ3) is 1.27. The van der Waals surface area contributed by atoms with E-state index < -0.39 is 10.5 Å². The number of carbonyl (C=O) groups is 1. The molecule has 0 radical (unpaired) electrons. The molecule has 5 nitrogen and oxygen atoms in total. The molecule has 0 aromatic heterocycles. The van der Waals surface area contributed by atoms with Gasteiger partial charge in [-0.3, -0.25) is 14.9 Å². The first-order valence-corrected chi connectivity index (χ1v) is 4.54. The summed E-state index contributed by atoms with van der Waals surface area (Å²) >= 11 is 0. The van der Waals surface area contributed by atoms with Crippen LogP contribution in [0.1, 0.15) is 29.8 Å². The Kier molecular flexibility index (Phi) is 1.79. The van der Waals surface area contributed by atoms with Crippen molar-refractivity contribution in [2.24, 2.45) is 0 Å². The van der Waals surface area contributed by atoms with Crippen molar-refractivity contribution in [1.82, 2.24) is 5.32 Å². The van der Waals surface area contributed by atoms with E-state index in [1.807, 2.05) is 13.8 Å². The van der Waals surface area contributed by atoms with Crippen LogP contribution in [0.4, 0.5) is 5.69 Å². The largest absolute Gasteiger partial charge is 0.343 e. The zero-order chi connectivity index (χ0) is 11.2. The molecule has 0 fully saturated rings. The summed E-state index contributed by atoms with van der Waals surface area (Å²) in [7, 11) is 0. The lowest BCUT2D eigenvalue weighted by molar-refractivity contribution is -0.385. The zero-order valence-electron chi connectivity index (χ0n) is 8.40. The first-order valence-electron chi connectivity index (χ1n) is 4.54. The lowest BCUT2D eigenvalue weighted by Gasteiger charge is -2.18. The van der Waals surface area contributed by atoms with Gasteiger partial charge in [-0.25, -0.2) is 0 Å². The molecule has 0 saturated heterocycles. The summed E-state index contributed by atoms with van der Waals surface area (Å²) in [5.74, 6) is -0.373. The van der Waals surface area contributed by atoms with E-state index in [-0.39, 0.29) is 17.2 Å². The first-order chi connectivity index (χ1) is 6.93. The van der Waals surface area contributed by atoms with E-state index in [0.29, 0.717) is 5.56 Å². The van der Waals surface area contributed by atoms with Gasteiger partial charge in [0.1, 0.15) is 5.56 Å². The SMILES string of the molecule is CC1(C)NC(=O)c2c([N+](=O)[O-])cccc21. The van der Waals surface area contributed by atoms with Crippen LogP contribution in [-0.4, -0.2) is 10.8 Å². The molecule has 78 valence electrons. The second kappa shape index (κ2) is 2.79. The predicted octanol–water partition coefficient (Wildman–Crippen LogP) is 1.57. The summed E-state index contributed by atoms with van der Waals surface area (Å²) < 4.78 is 0. The molecule has 1 aliphatic rings. The fourth-order valence-corrected chi connectivity index (χ4v) is 1.87. The normalized spacial score (nSPS) is 17.1. The number of hydrogen-bond donors (Lipinski definition) is 1. The van der Waals surface area contributed by atoms with Crippen molar-refractivity contribution in [3.63, 3.8) is 0 Å². The van der Waals surface area contributed by atoms with Crippen molar-refractivity contribution >= 4 is 11.6 Å². The molecular weight excluding hydrogens is 196 g/mol. The van der Waals surface area contributed by atoms with Crippen LogP contribution < -0.4 is 5.32 Å². The summed E-state index contributed by atoms with van der Waals surface area (Å²) in [6, 6.07) is 4.68. The number of nitro groups is 1. The number of nitrogens with one attached hydrogen (secondary N) is 1. The standard InChI is InChI=1S/C10H10N2O3/c1-10(2)6-4-3-5-7(12(14)15)8(6)9(13)11-10/h3-5H,1-2H3,(H,11,13). The minimum atomic E-state index is -0.529.